The van der Waals surface area contributed by atoms with Crippen LogP contribution >= 0.6 is 0 Å². The summed E-state index contributed by atoms with van der Waals surface area (Å²) >= 11 is 0. The lowest BCUT2D eigenvalue weighted by Gasteiger charge is -2.32. The fourth-order valence-electron chi connectivity index (χ4n) is 4.66. The maximum atomic E-state index is 13.9. The van der Waals surface area contributed by atoms with Crippen molar-refractivity contribution in [2.24, 2.45) is 10.9 Å². The van der Waals surface area contributed by atoms with Crippen LogP contribution in [0.4, 0.5) is 0 Å². The van der Waals surface area contributed by atoms with Crippen LogP contribution < -0.4 is 10.2 Å². The van der Waals surface area contributed by atoms with Crippen molar-refractivity contribution in [2.45, 2.75) is 33.6 Å². The van der Waals surface area contributed by atoms with Crippen molar-refractivity contribution in [1.29, 1.82) is 0 Å². The van der Waals surface area contributed by atoms with Gasteiger partial charge in [0.2, 0.25) is 0 Å². The first-order chi connectivity index (χ1) is 16.8. The summed E-state index contributed by atoms with van der Waals surface area (Å²) in [5, 5.41) is 0.379. The molecule has 1 aliphatic heterocycles. The number of ketones is 1. The predicted octanol–water partition coefficient (Wildman–Crippen LogP) is 5.00. The van der Waals surface area contributed by atoms with E-state index in [1.165, 1.54) is 6.07 Å². The lowest BCUT2D eigenvalue weighted by Crippen LogP contribution is -2.36. The van der Waals surface area contributed by atoms with E-state index in [0.717, 1.165) is 0 Å². The van der Waals surface area contributed by atoms with Crippen LogP contribution in [0.25, 0.3) is 11.0 Å². The number of nitrogens with zero attached hydrogens (tertiary/aromatic N) is 1. The number of para-hydroxylation sites is 1. The number of carbonyl (C=O) groups excluding carboxylic acids is 2. The molecule has 0 aliphatic carbocycles. The Hall–Kier alpha value is -4.00. The fraction of sp³-hybridized carbons (Fsp3) is 0.286. The quantitative estimate of drug-likeness (QED) is 0.369. The van der Waals surface area contributed by atoms with Gasteiger partial charge < -0.3 is 13.9 Å². The number of esters is 1. The second kappa shape index (κ2) is 9.70. The first-order valence-electron chi connectivity index (χ1n) is 11.4. The van der Waals surface area contributed by atoms with E-state index in [1.807, 2.05) is 0 Å². The number of aryl methyl sites for hydroxylation is 1. The Morgan fingerprint density at radius 1 is 1.06 bits per heavy atom. The third-order valence-corrected chi connectivity index (χ3v) is 6.21. The van der Waals surface area contributed by atoms with Crippen molar-refractivity contribution in [1.82, 2.24) is 0 Å². The first-order valence-corrected chi connectivity index (χ1v) is 11.4. The smallest absolute Gasteiger partial charge is 0.315 e. The van der Waals surface area contributed by atoms with Crippen LogP contribution in [0, 0.1) is 12.8 Å². The average Bonchev–Trinajstić information content (AvgIpc) is 2.83. The van der Waals surface area contributed by atoms with Crippen LogP contribution in [0.15, 0.2) is 74.0 Å². The number of methoxy groups -OCH3 is 1. The number of allylic oxidation sites excluding steroid dienone is 2. The Labute approximate surface area is 203 Å². The van der Waals surface area contributed by atoms with Gasteiger partial charge >= 0.3 is 5.97 Å². The van der Waals surface area contributed by atoms with Gasteiger partial charge in [-0.3, -0.25) is 19.4 Å². The summed E-state index contributed by atoms with van der Waals surface area (Å²) in [4.78, 5) is 44.4. The van der Waals surface area contributed by atoms with Crippen molar-refractivity contribution in [3.8, 4) is 5.75 Å². The molecule has 0 bridgehead atoms. The Kier molecular flexibility index (Phi) is 6.69. The summed E-state index contributed by atoms with van der Waals surface area (Å²) in [7, 11) is 1.55. The van der Waals surface area contributed by atoms with E-state index in [-0.39, 0.29) is 17.8 Å². The lowest BCUT2D eigenvalue weighted by molar-refractivity contribution is -0.146. The maximum absolute atomic E-state index is 13.9. The predicted molar refractivity (Wildman–Crippen MR) is 133 cm³/mol. The zero-order valence-electron chi connectivity index (χ0n) is 20.4. The van der Waals surface area contributed by atoms with Gasteiger partial charge in [-0.1, -0.05) is 12.1 Å². The molecule has 2 atom stereocenters. The third kappa shape index (κ3) is 4.41. The highest BCUT2D eigenvalue weighted by atomic mass is 16.5. The van der Waals surface area contributed by atoms with Crippen LogP contribution in [-0.2, 0) is 9.53 Å². The number of benzene rings is 2. The zero-order chi connectivity index (χ0) is 25.3. The van der Waals surface area contributed by atoms with E-state index in [1.54, 1.807) is 77.3 Å². The number of ether oxygens (including phenoxy) is 2. The number of hydrogen-bond donors (Lipinski definition) is 0. The van der Waals surface area contributed by atoms with Crippen LogP contribution in [-0.4, -0.2) is 31.2 Å². The molecular weight excluding hydrogens is 446 g/mol. The van der Waals surface area contributed by atoms with Crippen molar-refractivity contribution in [3.63, 3.8) is 0 Å². The standard InChI is InChI=1S/C28H27NO6/c1-6-34-28(32)24-17(4)29-16(3)23(26(31)18-10-12-19(33-5)13-11-18)25(24)21-9-7-8-20-22(30)14-15(2)35-27(20)21/h7-14,24-25H,6H2,1-5H3. The topological polar surface area (TPSA) is 95.2 Å². The van der Waals surface area contributed by atoms with Gasteiger partial charge in [-0.05, 0) is 58.0 Å². The van der Waals surface area contributed by atoms with E-state index in [4.69, 9.17) is 13.9 Å². The molecule has 35 heavy (non-hydrogen) atoms. The van der Waals surface area contributed by atoms with E-state index in [0.29, 0.717) is 50.6 Å². The molecule has 7 nitrogen and oxygen atoms in total. The highest BCUT2D eigenvalue weighted by Gasteiger charge is 2.43. The third-order valence-electron chi connectivity index (χ3n) is 6.21. The molecule has 1 aromatic heterocycles. The number of rotatable bonds is 6. The summed E-state index contributed by atoms with van der Waals surface area (Å²) in [5.74, 6) is -1.31. The molecule has 0 N–H and O–H groups in total. The molecule has 2 aromatic carbocycles. The summed E-state index contributed by atoms with van der Waals surface area (Å²) < 4.78 is 16.6. The molecule has 3 aromatic rings. The molecule has 0 fully saturated rings. The second-order valence-electron chi connectivity index (χ2n) is 8.46. The Bertz CT molecular complexity index is 1430. The van der Waals surface area contributed by atoms with Crippen LogP contribution in [0.5, 0.6) is 5.75 Å². The summed E-state index contributed by atoms with van der Waals surface area (Å²) in [6.45, 7) is 7.11. The number of aliphatic imine (C=N–C) groups is 1. The van der Waals surface area contributed by atoms with Gasteiger partial charge in [0.05, 0.1) is 19.1 Å². The van der Waals surface area contributed by atoms with E-state index < -0.39 is 17.8 Å². The van der Waals surface area contributed by atoms with Gasteiger partial charge in [-0.15, -0.1) is 0 Å². The van der Waals surface area contributed by atoms with Crippen LogP contribution in [0.3, 0.4) is 0 Å². The van der Waals surface area contributed by atoms with Crippen molar-refractivity contribution >= 4 is 28.4 Å². The molecule has 0 saturated carbocycles. The van der Waals surface area contributed by atoms with Gasteiger partial charge in [-0.2, -0.15) is 0 Å². The van der Waals surface area contributed by atoms with Gasteiger partial charge in [0.1, 0.15) is 23.0 Å². The normalized spacial score (nSPS) is 17.8. The minimum absolute atomic E-state index is 0.184. The van der Waals surface area contributed by atoms with E-state index >= 15 is 0 Å². The summed E-state index contributed by atoms with van der Waals surface area (Å²) in [6, 6.07) is 13.4. The van der Waals surface area contributed by atoms with Crippen molar-refractivity contribution < 1.29 is 23.5 Å². The highest BCUT2D eigenvalue weighted by molar-refractivity contribution is 6.14. The van der Waals surface area contributed by atoms with E-state index in [9.17, 15) is 14.4 Å². The van der Waals surface area contributed by atoms with Crippen LogP contribution in [0.2, 0.25) is 0 Å². The largest absolute Gasteiger partial charge is 0.497 e. The monoisotopic (exact) mass is 473 g/mol. The minimum atomic E-state index is -0.854. The molecule has 1 aliphatic rings. The van der Waals surface area contributed by atoms with Gasteiger partial charge in [-0.25, -0.2) is 0 Å². The van der Waals surface area contributed by atoms with E-state index in [2.05, 4.69) is 4.99 Å². The minimum Gasteiger partial charge on any atom is -0.497 e. The Morgan fingerprint density at radius 2 is 1.77 bits per heavy atom. The number of hydrogen-bond acceptors (Lipinski definition) is 7. The molecule has 4 rings (SSSR count). The fourth-order valence-corrected chi connectivity index (χ4v) is 4.66. The lowest BCUT2D eigenvalue weighted by atomic mass is 9.73. The first kappa shape index (κ1) is 24.1. The molecule has 0 spiro atoms. The molecular formula is C28H27NO6. The summed E-state index contributed by atoms with van der Waals surface area (Å²) in [5.41, 5.74) is 2.54. The summed E-state index contributed by atoms with van der Waals surface area (Å²) in [6.07, 6.45) is 0. The Balaban J connectivity index is 1.99. The number of carbonyl (C=O) groups is 2. The Morgan fingerprint density at radius 3 is 2.43 bits per heavy atom. The zero-order valence-corrected chi connectivity index (χ0v) is 20.4. The molecule has 180 valence electrons. The van der Waals surface area contributed by atoms with Crippen molar-refractivity contribution in [3.05, 3.63) is 86.9 Å². The van der Waals surface area contributed by atoms with Gasteiger partial charge in [0.15, 0.2) is 11.2 Å². The van der Waals surface area contributed by atoms with Crippen molar-refractivity contribution in [2.75, 3.05) is 13.7 Å². The van der Waals surface area contributed by atoms with Crippen LogP contribution in [0.1, 0.15) is 48.4 Å². The second-order valence-corrected chi connectivity index (χ2v) is 8.46. The molecule has 0 saturated heterocycles. The number of fused-ring (bicyclic) bond motifs is 1. The highest BCUT2D eigenvalue weighted by Crippen LogP contribution is 2.43. The van der Waals surface area contributed by atoms with Gasteiger partial charge in [0.25, 0.3) is 0 Å². The molecule has 0 radical (unpaired) electrons. The molecule has 7 heteroatoms. The maximum Gasteiger partial charge on any atom is 0.315 e. The van der Waals surface area contributed by atoms with Gasteiger partial charge in [0, 0.05) is 40.1 Å². The number of Topliss-reactive ketones (excluding diaryl/α,β-unsaturated/α-hetero) is 1. The molecule has 2 unspecified atom stereocenters. The molecule has 2 heterocycles. The SMILES string of the molecule is CCOC(=O)C1C(C)=NC(C)=C(C(=O)c2ccc(OC)cc2)C1c1cccc2c(=O)cc(C)oc12. The molecule has 0 amide bonds. The average molecular weight is 474 g/mol.